The van der Waals surface area contributed by atoms with Crippen LogP contribution >= 0.6 is 0 Å². The van der Waals surface area contributed by atoms with Gasteiger partial charge in [-0.3, -0.25) is 9.79 Å². The zero-order valence-corrected chi connectivity index (χ0v) is 16.8. The zero-order valence-electron chi connectivity index (χ0n) is 16.8. The van der Waals surface area contributed by atoms with E-state index in [9.17, 15) is 4.79 Å². The summed E-state index contributed by atoms with van der Waals surface area (Å²) in [7, 11) is 3.81. The molecule has 2 rings (SSSR count). The number of para-hydroxylation sites is 1. The van der Waals surface area contributed by atoms with Gasteiger partial charge in [-0.1, -0.05) is 18.2 Å². The van der Waals surface area contributed by atoms with Crippen LogP contribution in [0.15, 0.2) is 35.3 Å². The van der Waals surface area contributed by atoms with E-state index in [-0.39, 0.29) is 11.9 Å². The molecule has 1 aliphatic heterocycles. The summed E-state index contributed by atoms with van der Waals surface area (Å²) in [5, 5.41) is 6.69. The van der Waals surface area contributed by atoms with Crippen molar-refractivity contribution in [3.05, 3.63) is 30.3 Å². The Bertz CT molecular complexity index is 593. The maximum Gasteiger partial charge on any atom is 0.229 e. The topological polar surface area (TPSA) is 69.2 Å². The molecule has 1 unspecified atom stereocenters. The quantitative estimate of drug-likeness (QED) is 0.367. The van der Waals surface area contributed by atoms with Gasteiger partial charge in [-0.05, 0) is 39.1 Å². The van der Waals surface area contributed by atoms with E-state index in [0.29, 0.717) is 13.0 Å². The molecule has 1 saturated heterocycles. The van der Waals surface area contributed by atoms with Gasteiger partial charge in [0.2, 0.25) is 5.91 Å². The molecule has 1 heterocycles. The van der Waals surface area contributed by atoms with Gasteiger partial charge in [-0.2, -0.15) is 0 Å². The molecule has 0 saturated carbocycles. The fourth-order valence-electron chi connectivity index (χ4n) is 3.07. The number of carbonyl (C=O) groups is 1. The number of hydrogen-bond donors (Lipinski definition) is 2. The Morgan fingerprint density at radius 3 is 2.81 bits per heavy atom. The average molecular weight is 376 g/mol. The van der Waals surface area contributed by atoms with E-state index in [0.717, 1.165) is 50.9 Å². The number of carbonyl (C=O) groups excluding carboxylic acids is 1. The van der Waals surface area contributed by atoms with Crippen LogP contribution in [0.5, 0.6) is 0 Å². The van der Waals surface area contributed by atoms with Crippen molar-refractivity contribution in [2.75, 3.05) is 58.4 Å². The van der Waals surface area contributed by atoms with Crippen LogP contribution < -0.4 is 15.5 Å². The predicted octanol–water partition coefficient (Wildman–Crippen LogP) is 1.32. The summed E-state index contributed by atoms with van der Waals surface area (Å²) in [6.45, 7) is 6.91. The Kier molecular flexibility index (Phi) is 9.07. The van der Waals surface area contributed by atoms with Crippen LogP contribution in [0.3, 0.4) is 0 Å². The number of methoxy groups -OCH3 is 1. The number of benzene rings is 1. The van der Waals surface area contributed by atoms with Crippen LogP contribution in [0.4, 0.5) is 5.69 Å². The van der Waals surface area contributed by atoms with Crippen LogP contribution in [-0.2, 0) is 9.53 Å². The first kappa shape index (κ1) is 21.2. The lowest BCUT2D eigenvalue weighted by Gasteiger charge is -2.19. The number of guanidine groups is 1. The SMILES string of the molecule is CCNC(=NCCCN(C)CCOC)NC1CC(=O)N(c2ccccc2)C1. The third kappa shape index (κ3) is 7.19. The minimum Gasteiger partial charge on any atom is -0.383 e. The molecule has 1 aliphatic rings. The highest BCUT2D eigenvalue weighted by atomic mass is 16.5. The maximum absolute atomic E-state index is 12.4. The molecule has 150 valence electrons. The monoisotopic (exact) mass is 375 g/mol. The number of nitrogens with zero attached hydrogens (tertiary/aromatic N) is 3. The maximum atomic E-state index is 12.4. The number of likely N-dealkylation sites (N-methyl/N-ethyl adjacent to an activating group) is 1. The summed E-state index contributed by atoms with van der Waals surface area (Å²) >= 11 is 0. The number of anilines is 1. The van der Waals surface area contributed by atoms with E-state index < -0.39 is 0 Å². The molecule has 0 spiro atoms. The van der Waals surface area contributed by atoms with E-state index in [4.69, 9.17) is 4.74 Å². The Labute approximate surface area is 162 Å². The van der Waals surface area contributed by atoms with Gasteiger partial charge in [-0.25, -0.2) is 0 Å². The van der Waals surface area contributed by atoms with Crippen LogP contribution in [0, 0.1) is 0 Å². The summed E-state index contributed by atoms with van der Waals surface area (Å²) in [5.74, 6) is 0.930. The summed E-state index contributed by atoms with van der Waals surface area (Å²) in [6.07, 6.45) is 1.47. The van der Waals surface area contributed by atoms with Crippen molar-refractivity contribution < 1.29 is 9.53 Å². The molecule has 1 amide bonds. The standard InChI is InChI=1S/C20H33N5O2/c1-4-21-20(22-11-8-12-24(2)13-14-27-3)23-17-15-19(26)25(16-17)18-9-6-5-7-10-18/h5-7,9-10,17H,4,8,11-16H2,1-3H3,(H2,21,22,23). The van der Waals surface area contributed by atoms with Gasteiger partial charge in [-0.15, -0.1) is 0 Å². The molecular weight excluding hydrogens is 342 g/mol. The van der Waals surface area contributed by atoms with E-state index in [1.54, 1.807) is 7.11 Å². The molecule has 0 aliphatic carbocycles. The van der Waals surface area contributed by atoms with Gasteiger partial charge in [0.05, 0.1) is 12.6 Å². The normalized spacial score (nSPS) is 17.6. The van der Waals surface area contributed by atoms with Gasteiger partial charge in [0, 0.05) is 45.4 Å². The molecule has 0 radical (unpaired) electrons. The van der Waals surface area contributed by atoms with Crippen molar-refractivity contribution >= 4 is 17.6 Å². The smallest absolute Gasteiger partial charge is 0.229 e. The summed E-state index contributed by atoms with van der Waals surface area (Å²) in [4.78, 5) is 21.1. The average Bonchev–Trinajstić information content (AvgIpc) is 3.04. The number of aliphatic imine (C=N–C) groups is 1. The first-order valence-electron chi connectivity index (χ1n) is 9.71. The van der Waals surface area contributed by atoms with Crippen LogP contribution in [0.2, 0.25) is 0 Å². The highest BCUT2D eigenvalue weighted by molar-refractivity contribution is 5.97. The van der Waals surface area contributed by atoms with E-state index in [1.807, 2.05) is 42.2 Å². The second kappa shape index (κ2) is 11.6. The molecule has 1 atom stereocenters. The predicted molar refractivity (Wildman–Crippen MR) is 110 cm³/mol. The molecule has 7 nitrogen and oxygen atoms in total. The highest BCUT2D eigenvalue weighted by Gasteiger charge is 2.30. The number of ether oxygens (including phenoxy) is 1. The number of hydrogen-bond acceptors (Lipinski definition) is 4. The molecule has 27 heavy (non-hydrogen) atoms. The van der Waals surface area contributed by atoms with Crippen LogP contribution in [0.25, 0.3) is 0 Å². The highest BCUT2D eigenvalue weighted by Crippen LogP contribution is 2.20. The molecule has 1 fully saturated rings. The first-order valence-corrected chi connectivity index (χ1v) is 9.71. The fraction of sp³-hybridized carbons (Fsp3) is 0.600. The summed E-state index contributed by atoms with van der Waals surface area (Å²) in [6, 6.07) is 9.89. The number of nitrogens with one attached hydrogen (secondary N) is 2. The first-order chi connectivity index (χ1) is 13.1. The summed E-state index contributed by atoms with van der Waals surface area (Å²) in [5.41, 5.74) is 0.952. The number of rotatable bonds is 10. The number of amides is 1. The van der Waals surface area contributed by atoms with E-state index in [1.165, 1.54) is 0 Å². The van der Waals surface area contributed by atoms with Crippen LogP contribution in [-0.4, -0.2) is 76.3 Å². The molecule has 7 heteroatoms. The van der Waals surface area contributed by atoms with Crippen molar-refractivity contribution in [3.63, 3.8) is 0 Å². The van der Waals surface area contributed by atoms with Crippen molar-refractivity contribution in [3.8, 4) is 0 Å². The Hall–Kier alpha value is -2.12. The van der Waals surface area contributed by atoms with Gasteiger partial charge in [0.15, 0.2) is 5.96 Å². The van der Waals surface area contributed by atoms with Crippen LogP contribution in [0.1, 0.15) is 19.8 Å². The minimum atomic E-state index is 0.0693. The third-order valence-electron chi connectivity index (χ3n) is 4.52. The van der Waals surface area contributed by atoms with Gasteiger partial charge in [0.25, 0.3) is 0 Å². The minimum absolute atomic E-state index is 0.0693. The lowest BCUT2D eigenvalue weighted by molar-refractivity contribution is -0.117. The molecule has 1 aromatic rings. The Balaban J connectivity index is 1.82. The Morgan fingerprint density at radius 2 is 2.11 bits per heavy atom. The lowest BCUT2D eigenvalue weighted by atomic mass is 10.2. The summed E-state index contributed by atoms with van der Waals surface area (Å²) < 4.78 is 5.09. The van der Waals surface area contributed by atoms with Crippen molar-refractivity contribution in [2.24, 2.45) is 4.99 Å². The molecule has 1 aromatic carbocycles. The van der Waals surface area contributed by atoms with E-state index >= 15 is 0 Å². The molecular formula is C20H33N5O2. The zero-order chi connectivity index (χ0) is 19.5. The second-order valence-electron chi connectivity index (χ2n) is 6.80. The Morgan fingerprint density at radius 1 is 1.33 bits per heavy atom. The van der Waals surface area contributed by atoms with Crippen molar-refractivity contribution in [1.82, 2.24) is 15.5 Å². The molecule has 0 bridgehead atoms. The molecule has 0 aromatic heterocycles. The largest absolute Gasteiger partial charge is 0.383 e. The van der Waals surface area contributed by atoms with Crippen molar-refractivity contribution in [1.29, 1.82) is 0 Å². The van der Waals surface area contributed by atoms with Crippen molar-refractivity contribution in [2.45, 2.75) is 25.8 Å². The molecule has 2 N–H and O–H groups in total. The van der Waals surface area contributed by atoms with Gasteiger partial charge in [0.1, 0.15) is 0 Å². The van der Waals surface area contributed by atoms with Gasteiger partial charge >= 0.3 is 0 Å². The lowest BCUT2D eigenvalue weighted by Crippen LogP contribution is -2.44. The van der Waals surface area contributed by atoms with E-state index in [2.05, 4.69) is 27.6 Å². The van der Waals surface area contributed by atoms with Gasteiger partial charge < -0.3 is 25.2 Å². The third-order valence-corrected chi connectivity index (χ3v) is 4.52. The second-order valence-corrected chi connectivity index (χ2v) is 6.80. The fourth-order valence-corrected chi connectivity index (χ4v) is 3.07.